The highest BCUT2D eigenvalue weighted by Gasteiger charge is 2.37. The number of carbonyl (C=O) groups is 3. The molecule has 4 amide bonds. The maximum Gasteiger partial charge on any atom is 0.327 e. The minimum atomic E-state index is -0.699. The number of aryl methyl sites for hydroxylation is 1. The topological polar surface area (TPSA) is 60.9 Å². The summed E-state index contributed by atoms with van der Waals surface area (Å²) in [4.78, 5) is 41.5. The van der Waals surface area contributed by atoms with Gasteiger partial charge in [-0.2, -0.15) is 11.8 Å². The minimum absolute atomic E-state index is 0.280. The molecule has 0 spiro atoms. The zero-order chi connectivity index (χ0) is 18.7. The second-order valence-electron chi connectivity index (χ2n) is 6.62. The largest absolute Gasteiger partial charge is 0.333 e. The highest BCUT2D eigenvalue weighted by Crippen LogP contribution is 2.36. The molecule has 0 bridgehead atoms. The van der Waals surface area contributed by atoms with Crippen LogP contribution in [0.3, 0.4) is 0 Å². The first-order valence-corrected chi connectivity index (χ1v) is 10.1. The van der Waals surface area contributed by atoms with E-state index in [9.17, 15) is 14.4 Å². The van der Waals surface area contributed by atoms with E-state index in [0.717, 1.165) is 17.1 Å². The molecule has 6 nitrogen and oxygen atoms in total. The van der Waals surface area contributed by atoms with Crippen molar-refractivity contribution in [3.8, 4) is 0 Å². The summed E-state index contributed by atoms with van der Waals surface area (Å²) in [6.07, 6.45) is 0.846. The molecule has 3 rings (SSSR count). The standard InChI is InChI=1S/C19H25N3O3S/c1-3-20-10-11-22(18(24)17(20)23)19(25)21-9-8-16(26-13-12-21)15-7-5-4-6-14(15)2/h4-7,16H,3,8-13H2,1-2H3/t16-/m0/s1. The number of nitrogens with zero attached hydrogens (tertiary/aromatic N) is 3. The molecular formula is C19H25N3O3S. The predicted octanol–water partition coefficient (Wildman–Crippen LogP) is 2.29. The van der Waals surface area contributed by atoms with Crippen LogP contribution in [0.4, 0.5) is 4.79 Å². The number of hydrogen-bond acceptors (Lipinski definition) is 4. The van der Waals surface area contributed by atoms with E-state index >= 15 is 0 Å². The summed E-state index contributed by atoms with van der Waals surface area (Å²) < 4.78 is 0. The number of carbonyl (C=O) groups excluding carboxylic acids is 3. The van der Waals surface area contributed by atoms with Gasteiger partial charge in [0.25, 0.3) is 0 Å². The first kappa shape index (κ1) is 18.8. The van der Waals surface area contributed by atoms with E-state index in [4.69, 9.17) is 0 Å². The zero-order valence-corrected chi connectivity index (χ0v) is 16.1. The summed E-state index contributed by atoms with van der Waals surface area (Å²) in [5.41, 5.74) is 2.58. The lowest BCUT2D eigenvalue weighted by Gasteiger charge is -2.34. The number of urea groups is 1. The fourth-order valence-corrected chi connectivity index (χ4v) is 4.81. The minimum Gasteiger partial charge on any atom is -0.333 e. The van der Waals surface area contributed by atoms with E-state index in [-0.39, 0.29) is 12.6 Å². The zero-order valence-electron chi connectivity index (χ0n) is 15.3. The third-order valence-electron chi connectivity index (χ3n) is 5.07. The highest BCUT2D eigenvalue weighted by molar-refractivity contribution is 7.99. The molecule has 0 saturated carbocycles. The molecule has 2 fully saturated rings. The van der Waals surface area contributed by atoms with Crippen LogP contribution >= 0.6 is 11.8 Å². The van der Waals surface area contributed by atoms with Crippen LogP contribution in [0.2, 0.25) is 0 Å². The van der Waals surface area contributed by atoms with Crippen molar-refractivity contribution < 1.29 is 14.4 Å². The molecule has 140 valence electrons. The Morgan fingerprint density at radius 3 is 2.62 bits per heavy atom. The number of imide groups is 1. The van der Waals surface area contributed by atoms with Gasteiger partial charge in [-0.3, -0.25) is 14.5 Å². The molecule has 2 aliphatic heterocycles. The molecular weight excluding hydrogens is 350 g/mol. The van der Waals surface area contributed by atoms with Crippen LogP contribution in [0, 0.1) is 6.92 Å². The average Bonchev–Trinajstić information content (AvgIpc) is 2.90. The molecule has 2 aliphatic rings. The lowest BCUT2D eigenvalue weighted by Crippen LogP contribution is -2.58. The van der Waals surface area contributed by atoms with Crippen LogP contribution in [0.15, 0.2) is 24.3 Å². The SMILES string of the molecule is CCN1CCN(C(=O)N2CCS[C@H](c3ccccc3C)CC2)C(=O)C1=O. The van der Waals surface area contributed by atoms with Crippen molar-refractivity contribution >= 4 is 29.6 Å². The number of hydrogen-bond donors (Lipinski definition) is 0. The van der Waals surface area contributed by atoms with Crippen molar-refractivity contribution in [2.45, 2.75) is 25.5 Å². The van der Waals surface area contributed by atoms with Gasteiger partial charge in [0.05, 0.1) is 0 Å². The summed E-state index contributed by atoms with van der Waals surface area (Å²) in [5, 5.41) is 0.350. The molecule has 0 unspecified atom stereocenters. The van der Waals surface area contributed by atoms with Crippen molar-refractivity contribution in [2.75, 3.05) is 38.5 Å². The van der Waals surface area contributed by atoms with Crippen LogP contribution < -0.4 is 0 Å². The molecule has 2 heterocycles. The summed E-state index contributed by atoms with van der Waals surface area (Å²) in [6.45, 7) is 6.33. The normalized spacial score (nSPS) is 21.8. The maximum atomic E-state index is 12.8. The molecule has 7 heteroatoms. The van der Waals surface area contributed by atoms with E-state index < -0.39 is 11.8 Å². The molecule has 1 atom stereocenters. The number of benzene rings is 1. The number of likely N-dealkylation sites (N-methyl/N-ethyl adjacent to an activating group) is 1. The monoisotopic (exact) mass is 375 g/mol. The van der Waals surface area contributed by atoms with Crippen LogP contribution in [0.1, 0.15) is 29.7 Å². The Labute approximate surface area is 158 Å². The van der Waals surface area contributed by atoms with Crippen LogP contribution in [0.5, 0.6) is 0 Å². The van der Waals surface area contributed by atoms with E-state index in [1.54, 1.807) is 4.90 Å². The lowest BCUT2D eigenvalue weighted by molar-refractivity contribution is -0.153. The van der Waals surface area contributed by atoms with Crippen molar-refractivity contribution in [2.24, 2.45) is 0 Å². The van der Waals surface area contributed by atoms with Gasteiger partial charge in [0.15, 0.2) is 0 Å². The lowest BCUT2D eigenvalue weighted by atomic mass is 10.0. The fraction of sp³-hybridized carbons (Fsp3) is 0.526. The Bertz CT molecular complexity index is 709. The fourth-order valence-electron chi connectivity index (χ4n) is 3.49. The van der Waals surface area contributed by atoms with E-state index in [0.29, 0.717) is 31.4 Å². The van der Waals surface area contributed by atoms with Crippen molar-refractivity contribution in [3.63, 3.8) is 0 Å². The number of amides is 4. The van der Waals surface area contributed by atoms with Crippen molar-refractivity contribution in [1.82, 2.24) is 14.7 Å². The molecule has 0 N–H and O–H groups in total. The summed E-state index contributed by atoms with van der Waals surface area (Å²) in [7, 11) is 0. The van der Waals surface area contributed by atoms with Gasteiger partial charge in [0.2, 0.25) is 0 Å². The molecule has 0 aliphatic carbocycles. The first-order valence-electron chi connectivity index (χ1n) is 9.09. The molecule has 1 aromatic carbocycles. The average molecular weight is 375 g/mol. The van der Waals surface area contributed by atoms with E-state index in [1.165, 1.54) is 16.0 Å². The Balaban J connectivity index is 1.66. The van der Waals surface area contributed by atoms with Crippen molar-refractivity contribution in [3.05, 3.63) is 35.4 Å². The Hall–Kier alpha value is -2.02. The third-order valence-corrected chi connectivity index (χ3v) is 6.38. The van der Waals surface area contributed by atoms with E-state index in [1.807, 2.05) is 30.8 Å². The van der Waals surface area contributed by atoms with Gasteiger partial charge < -0.3 is 9.80 Å². The second kappa shape index (κ2) is 8.12. The van der Waals surface area contributed by atoms with Gasteiger partial charge >= 0.3 is 17.8 Å². The highest BCUT2D eigenvalue weighted by atomic mass is 32.2. The smallest absolute Gasteiger partial charge is 0.327 e. The third kappa shape index (κ3) is 3.72. The van der Waals surface area contributed by atoms with Crippen molar-refractivity contribution in [1.29, 1.82) is 0 Å². The molecule has 2 saturated heterocycles. The van der Waals surface area contributed by atoms with E-state index in [2.05, 4.69) is 19.1 Å². The number of rotatable bonds is 2. The second-order valence-corrected chi connectivity index (χ2v) is 7.93. The quantitative estimate of drug-likeness (QED) is 0.744. The molecule has 26 heavy (non-hydrogen) atoms. The Kier molecular flexibility index (Phi) is 5.86. The first-order chi connectivity index (χ1) is 12.5. The predicted molar refractivity (Wildman–Crippen MR) is 102 cm³/mol. The molecule has 1 aromatic rings. The summed E-state index contributed by atoms with van der Waals surface area (Å²) in [5.74, 6) is -0.452. The number of thioether (sulfide) groups is 1. The van der Waals surface area contributed by atoms with Crippen LogP contribution in [0.25, 0.3) is 0 Å². The van der Waals surface area contributed by atoms with Gasteiger partial charge in [-0.25, -0.2) is 4.79 Å². The summed E-state index contributed by atoms with van der Waals surface area (Å²) >= 11 is 1.85. The van der Waals surface area contributed by atoms with Crippen LogP contribution in [-0.2, 0) is 9.59 Å². The van der Waals surface area contributed by atoms with Gasteiger partial charge in [-0.15, -0.1) is 0 Å². The maximum absolute atomic E-state index is 12.8. The van der Waals surface area contributed by atoms with Gasteiger partial charge in [-0.1, -0.05) is 24.3 Å². The number of piperazine rings is 1. The summed E-state index contributed by atoms with van der Waals surface area (Å²) in [6, 6.07) is 8.02. The van der Waals surface area contributed by atoms with Gasteiger partial charge in [-0.05, 0) is 31.4 Å². The molecule has 0 aromatic heterocycles. The molecule has 0 radical (unpaired) electrons. The Morgan fingerprint density at radius 1 is 1.12 bits per heavy atom. The van der Waals surface area contributed by atoms with Gasteiger partial charge in [0, 0.05) is 43.7 Å². The van der Waals surface area contributed by atoms with Crippen LogP contribution in [-0.4, -0.2) is 71.0 Å². The van der Waals surface area contributed by atoms with Gasteiger partial charge in [0.1, 0.15) is 0 Å². The Morgan fingerprint density at radius 2 is 1.88 bits per heavy atom.